The van der Waals surface area contributed by atoms with Gasteiger partial charge in [0.2, 0.25) is 5.78 Å². The Bertz CT molecular complexity index is 1070. The third-order valence-electron chi connectivity index (χ3n) is 6.83. The quantitative estimate of drug-likeness (QED) is 0.287. The van der Waals surface area contributed by atoms with Crippen LogP contribution in [0.4, 0.5) is 0 Å². The maximum absolute atomic E-state index is 12.3. The van der Waals surface area contributed by atoms with Crippen LogP contribution in [0.5, 0.6) is 0 Å². The second-order valence-corrected chi connectivity index (χ2v) is 8.91. The first-order chi connectivity index (χ1) is 15.6. The molecule has 0 bridgehead atoms. The lowest BCUT2D eigenvalue weighted by Crippen LogP contribution is -2.46. The molecule has 1 aromatic heterocycles. The maximum Gasteiger partial charge on any atom is 0.227 e. The third-order valence-corrected chi connectivity index (χ3v) is 6.83. The van der Waals surface area contributed by atoms with E-state index < -0.39 is 5.78 Å². The summed E-state index contributed by atoms with van der Waals surface area (Å²) in [6.45, 7) is 11.3. The number of carbonyl (C=O) groups excluding carboxylic acids is 2. The fraction of sp³-hybridized carbons (Fsp3) is 0.407. The first-order valence-corrected chi connectivity index (χ1v) is 11.7. The molecule has 0 N–H and O–H groups in total. The second kappa shape index (κ2) is 10.2. The summed E-state index contributed by atoms with van der Waals surface area (Å²) in [4.78, 5) is 28.5. The minimum atomic E-state index is -0.440. The van der Waals surface area contributed by atoms with Gasteiger partial charge in [0.25, 0.3) is 0 Å². The van der Waals surface area contributed by atoms with Gasteiger partial charge in [0.05, 0.1) is 5.56 Å². The molecule has 0 amide bonds. The summed E-state index contributed by atoms with van der Waals surface area (Å²) in [7, 11) is 0. The molecule has 5 heteroatoms. The smallest absolute Gasteiger partial charge is 0.227 e. The molecule has 0 radical (unpaired) electrons. The zero-order valence-corrected chi connectivity index (χ0v) is 19.2. The molecule has 1 saturated heterocycles. The van der Waals surface area contributed by atoms with E-state index in [2.05, 4.69) is 76.7 Å². The van der Waals surface area contributed by atoms with Gasteiger partial charge in [-0.3, -0.25) is 19.4 Å². The average Bonchev–Trinajstić information content (AvgIpc) is 3.21. The van der Waals surface area contributed by atoms with Crippen LogP contribution in [0.1, 0.15) is 47.7 Å². The first-order valence-electron chi connectivity index (χ1n) is 11.7. The molecular weight excluding hydrogens is 398 g/mol. The monoisotopic (exact) mass is 431 g/mol. The number of rotatable bonds is 9. The van der Waals surface area contributed by atoms with Crippen molar-refractivity contribution in [2.75, 3.05) is 32.7 Å². The predicted molar refractivity (Wildman–Crippen MR) is 129 cm³/mol. The molecule has 1 fully saturated rings. The fourth-order valence-corrected chi connectivity index (χ4v) is 4.56. The van der Waals surface area contributed by atoms with Crippen LogP contribution in [0.25, 0.3) is 10.9 Å². The van der Waals surface area contributed by atoms with Crippen molar-refractivity contribution in [2.45, 2.75) is 39.3 Å². The Morgan fingerprint density at radius 3 is 2.41 bits per heavy atom. The van der Waals surface area contributed by atoms with E-state index in [-0.39, 0.29) is 0 Å². The number of Topliss-reactive ketones (excluding diaryl/α,β-unsaturated/α-hetero) is 1. The van der Waals surface area contributed by atoms with Crippen molar-refractivity contribution >= 4 is 23.0 Å². The highest BCUT2D eigenvalue weighted by Crippen LogP contribution is 2.28. The second-order valence-electron chi connectivity index (χ2n) is 8.91. The van der Waals surface area contributed by atoms with Gasteiger partial charge >= 0.3 is 0 Å². The van der Waals surface area contributed by atoms with Crippen molar-refractivity contribution in [3.63, 3.8) is 0 Å². The molecule has 3 aromatic rings. The number of fused-ring (bicyclic) bond motifs is 1. The highest BCUT2D eigenvalue weighted by Gasteiger charge is 2.19. The van der Waals surface area contributed by atoms with Crippen molar-refractivity contribution in [1.29, 1.82) is 0 Å². The molecule has 1 aliphatic heterocycles. The Hall–Kier alpha value is -2.76. The lowest BCUT2D eigenvalue weighted by atomic mass is 9.96. The van der Waals surface area contributed by atoms with Gasteiger partial charge in [-0.15, -0.1) is 0 Å². The molecular formula is C27H33N3O2. The van der Waals surface area contributed by atoms with Crippen LogP contribution in [-0.2, 0) is 17.9 Å². The molecule has 1 atom stereocenters. The van der Waals surface area contributed by atoms with Crippen molar-refractivity contribution in [2.24, 2.45) is 0 Å². The molecule has 1 aliphatic rings. The number of nitrogens with zero attached hydrogens (tertiary/aromatic N) is 3. The van der Waals surface area contributed by atoms with Gasteiger partial charge in [-0.1, -0.05) is 50.2 Å². The number of aldehydes is 1. The standard InChI is InChI=1S/C27H33N3O2/c1-3-21(2)23-9-10-26-24(17-23)25(27(32)20-31)19-30(26)16-15-28-11-13-29(14-12-28)18-22-7-5-4-6-8-22/h4-10,17,19-21H,3,11-16,18H2,1-2H3. The number of carbonyl (C=O) groups is 2. The van der Waals surface area contributed by atoms with Gasteiger partial charge in [-0.05, 0) is 35.6 Å². The third kappa shape index (κ3) is 5.00. The molecule has 5 nitrogen and oxygen atoms in total. The minimum absolute atomic E-state index is 0.425. The van der Waals surface area contributed by atoms with Crippen LogP contribution < -0.4 is 0 Å². The minimum Gasteiger partial charge on any atom is -0.345 e. The number of ketones is 1. The van der Waals surface area contributed by atoms with Gasteiger partial charge in [0.15, 0.2) is 6.29 Å². The topological polar surface area (TPSA) is 45.6 Å². The summed E-state index contributed by atoms with van der Waals surface area (Å²) < 4.78 is 2.14. The number of hydrogen-bond donors (Lipinski definition) is 0. The molecule has 2 aromatic carbocycles. The van der Waals surface area contributed by atoms with E-state index in [4.69, 9.17) is 0 Å². The van der Waals surface area contributed by atoms with E-state index >= 15 is 0 Å². The fourth-order valence-electron chi connectivity index (χ4n) is 4.56. The van der Waals surface area contributed by atoms with E-state index in [1.165, 1.54) is 11.1 Å². The number of benzene rings is 2. The lowest BCUT2D eigenvalue weighted by Gasteiger charge is -2.34. The molecule has 4 rings (SSSR count). The van der Waals surface area contributed by atoms with Gasteiger partial charge in [0.1, 0.15) is 0 Å². The van der Waals surface area contributed by atoms with Crippen LogP contribution in [0, 0.1) is 0 Å². The van der Waals surface area contributed by atoms with Crippen LogP contribution in [0.2, 0.25) is 0 Å². The zero-order valence-electron chi connectivity index (χ0n) is 19.2. The van der Waals surface area contributed by atoms with Crippen molar-refractivity contribution in [3.8, 4) is 0 Å². The molecule has 1 unspecified atom stereocenters. The van der Waals surface area contributed by atoms with Crippen molar-refractivity contribution in [1.82, 2.24) is 14.4 Å². The van der Waals surface area contributed by atoms with Gasteiger partial charge in [0, 0.05) is 62.9 Å². The van der Waals surface area contributed by atoms with E-state index in [1.54, 1.807) is 0 Å². The highest BCUT2D eigenvalue weighted by molar-refractivity contribution is 6.36. The van der Waals surface area contributed by atoms with Crippen molar-refractivity contribution < 1.29 is 9.59 Å². The number of piperazine rings is 1. The Morgan fingerprint density at radius 2 is 1.72 bits per heavy atom. The molecule has 0 aliphatic carbocycles. The zero-order chi connectivity index (χ0) is 22.5. The number of aromatic nitrogens is 1. The van der Waals surface area contributed by atoms with Crippen LogP contribution in [0.3, 0.4) is 0 Å². The van der Waals surface area contributed by atoms with E-state index in [0.29, 0.717) is 17.8 Å². The summed E-state index contributed by atoms with van der Waals surface area (Å²) in [6, 6.07) is 17.0. The SMILES string of the molecule is CCC(C)c1ccc2c(c1)c(C(=O)C=O)cn2CCN1CCN(Cc2ccccc2)CC1. The Balaban J connectivity index is 1.42. The molecule has 0 spiro atoms. The van der Waals surface area contributed by atoms with Gasteiger partial charge in [-0.25, -0.2) is 0 Å². The van der Waals surface area contributed by atoms with Crippen LogP contribution >= 0.6 is 0 Å². The Labute approximate surface area is 190 Å². The van der Waals surface area contributed by atoms with Crippen LogP contribution in [0.15, 0.2) is 54.7 Å². The maximum atomic E-state index is 12.3. The lowest BCUT2D eigenvalue weighted by molar-refractivity contribution is -0.104. The van der Waals surface area contributed by atoms with E-state index in [1.807, 2.05) is 6.20 Å². The summed E-state index contributed by atoms with van der Waals surface area (Å²) >= 11 is 0. The molecule has 32 heavy (non-hydrogen) atoms. The molecule has 168 valence electrons. The van der Waals surface area contributed by atoms with Gasteiger partial charge < -0.3 is 4.57 Å². The van der Waals surface area contributed by atoms with E-state index in [0.717, 1.165) is 63.1 Å². The van der Waals surface area contributed by atoms with Gasteiger partial charge in [-0.2, -0.15) is 0 Å². The Kier molecular flexibility index (Phi) is 7.18. The Morgan fingerprint density at radius 1 is 1.00 bits per heavy atom. The van der Waals surface area contributed by atoms with Crippen molar-refractivity contribution in [3.05, 3.63) is 71.4 Å². The molecule has 2 heterocycles. The summed E-state index contributed by atoms with van der Waals surface area (Å²) in [5.41, 5.74) is 4.13. The molecule has 0 saturated carbocycles. The van der Waals surface area contributed by atoms with Crippen LogP contribution in [-0.4, -0.2) is 59.2 Å². The highest BCUT2D eigenvalue weighted by atomic mass is 16.2. The summed E-state index contributed by atoms with van der Waals surface area (Å²) in [5.74, 6) is -0.0151. The average molecular weight is 432 g/mol. The van der Waals surface area contributed by atoms with E-state index in [9.17, 15) is 9.59 Å². The number of hydrogen-bond acceptors (Lipinski definition) is 4. The first kappa shape index (κ1) is 22.4. The normalized spacial score (nSPS) is 16.3. The summed E-state index contributed by atoms with van der Waals surface area (Å²) in [6.07, 6.45) is 3.34. The largest absolute Gasteiger partial charge is 0.345 e. The summed E-state index contributed by atoms with van der Waals surface area (Å²) in [5, 5.41) is 0.896. The predicted octanol–water partition coefficient (Wildman–Crippen LogP) is 4.35.